The largest absolute Gasteiger partial charge is 0.481 e. The highest BCUT2D eigenvalue weighted by Crippen LogP contribution is 2.20. The molecule has 0 radical (unpaired) electrons. The number of rotatable bonds is 5. The summed E-state index contributed by atoms with van der Waals surface area (Å²) in [6.45, 7) is 1.95. The Morgan fingerprint density at radius 2 is 2.12 bits per heavy atom. The second-order valence-corrected chi connectivity index (χ2v) is 3.44. The zero-order chi connectivity index (χ0) is 12.7. The first-order chi connectivity index (χ1) is 8.22. The number of hydrogen-bond acceptors (Lipinski definition) is 3. The lowest BCUT2D eigenvalue weighted by atomic mass is 9.95. The normalized spacial score (nSPS) is 11.0. The maximum absolute atomic E-state index is 11.5. The van der Waals surface area contributed by atoms with Crippen LogP contribution < -0.4 is 4.74 Å². The van der Waals surface area contributed by atoms with Crippen molar-refractivity contribution in [3.8, 4) is 24.2 Å². The highest BCUT2D eigenvalue weighted by Gasteiger charge is 2.17. The van der Waals surface area contributed by atoms with Gasteiger partial charge in [0.15, 0.2) is 5.78 Å². The van der Waals surface area contributed by atoms with Crippen LogP contribution >= 0.6 is 0 Å². The monoisotopic (exact) mass is 227 g/mol. The molecule has 0 saturated carbocycles. The van der Waals surface area contributed by atoms with E-state index in [4.69, 9.17) is 16.4 Å². The van der Waals surface area contributed by atoms with Crippen molar-refractivity contribution >= 4 is 5.78 Å². The molecular formula is C14H13NO2. The van der Waals surface area contributed by atoms with Gasteiger partial charge in [0.05, 0.1) is 6.07 Å². The van der Waals surface area contributed by atoms with E-state index in [1.807, 2.05) is 6.07 Å². The van der Waals surface area contributed by atoms with Gasteiger partial charge in [0.2, 0.25) is 0 Å². The lowest BCUT2D eigenvalue weighted by Gasteiger charge is -2.08. The van der Waals surface area contributed by atoms with Crippen molar-refractivity contribution in [3.05, 3.63) is 29.8 Å². The van der Waals surface area contributed by atoms with Gasteiger partial charge in [-0.05, 0) is 17.7 Å². The van der Waals surface area contributed by atoms with Crippen LogP contribution in [0.1, 0.15) is 24.8 Å². The summed E-state index contributed by atoms with van der Waals surface area (Å²) in [6, 6.07) is 8.86. The molecule has 17 heavy (non-hydrogen) atoms. The highest BCUT2D eigenvalue weighted by molar-refractivity contribution is 5.88. The van der Waals surface area contributed by atoms with Gasteiger partial charge in [-0.25, -0.2) is 0 Å². The number of hydrogen-bond donors (Lipinski definition) is 0. The summed E-state index contributed by atoms with van der Waals surface area (Å²) in [5.41, 5.74) is 0.687. The minimum atomic E-state index is -0.693. The molecule has 1 rings (SSSR count). The fraction of sp³-hybridized carbons (Fsp3) is 0.286. The van der Waals surface area contributed by atoms with Gasteiger partial charge in [-0.2, -0.15) is 5.26 Å². The maximum atomic E-state index is 11.5. The predicted molar refractivity (Wildman–Crippen MR) is 64.4 cm³/mol. The van der Waals surface area contributed by atoms with Crippen LogP contribution in [0.5, 0.6) is 5.75 Å². The molecule has 1 aromatic rings. The molecule has 1 aromatic carbocycles. The standard InChI is InChI=1S/C14H13NO2/c1-3-9-17-12-7-5-11(6-8-12)13(10-15)14(16)4-2/h1,5-8,13H,4,9H2,2H3. The molecule has 0 bridgehead atoms. The van der Waals surface area contributed by atoms with Gasteiger partial charge in [-0.15, -0.1) is 6.42 Å². The summed E-state index contributed by atoms with van der Waals surface area (Å²) in [6.07, 6.45) is 5.43. The minimum absolute atomic E-state index is 0.0789. The lowest BCUT2D eigenvalue weighted by molar-refractivity contribution is -0.119. The summed E-state index contributed by atoms with van der Waals surface area (Å²) in [7, 11) is 0. The molecule has 1 unspecified atom stereocenters. The van der Waals surface area contributed by atoms with Gasteiger partial charge in [0, 0.05) is 6.42 Å². The second-order valence-electron chi connectivity index (χ2n) is 3.44. The Morgan fingerprint density at radius 3 is 2.59 bits per heavy atom. The Labute approximate surface area is 101 Å². The number of benzene rings is 1. The molecule has 1 atom stereocenters. The van der Waals surface area contributed by atoms with Crippen molar-refractivity contribution in [2.24, 2.45) is 0 Å². The molecule has 0 aliphatic heterocycles. The molecule has 0 heterocycles. The highest BCUT2D eigenvalue weighted by atomic mass is 16.5. The third-order valence-corrected chi connectivity index (χ3v) is 2.34. The van der Waals surface area contributed by atoms with Gasteiger partial charge in [-0.3, -0.25) is 4.79 Å². The van der Waals surface area contributed by atoms with Crippen LogP contribution in [-0.2, 0) is 4.79 Å². The van der Waals surface area contributed by atoms with Gasteiger partial charge >= 0.3 is 0 Å². The summed E-state index contributed by atoms with van der Waals surface area (Å²) in [5.74, 6) is 2.22. The van der Waals surface area contributed by atoms with E-state index in [-0.39, 0.29) is 12.4 Å². The van der Waals surface area contributed by atoms with Crippen LogP contribution in [0, 0.1) is 23.7 Å². The first kappa shape index (κ1) is 12.8. The van der Waals surface area contributed by atoms with Crippen molar-refractivity contribution < 1.29 is 9.53 Å². The number of ketones is 1. The number of terminal acetylenes is 1. The van der Waals surface area contributed by atoms with Crippen molar-refractivity contribution in [1.82, 2.24) is 0 Å². The van der Waals surface area contributed by atoms with Crippen LogP contribution in [-0.4, -0.2) is 12.4 Å². The molecule has 0 aliphatic carbocycles. The Balaban J connectivity index is 2.83. The molecule has 0 aliphatic rings. The van der Waals surface area contributed by atoms with Gasteiger partial charge in [0.1, 0.15) is 18.3 Å². The molecule has 0 aromatic heterocycles. The Kier molecular flexibility index (Phi) is 4.78. The van der Waals surface area contributed by atoms with E-state index >= 15 is 0 Å². The summed E-state index contributed by atoms with van der Waals surface area (Å²) >= 11 is 0. The first-order valence-electron chi connectivity index (χ1n) is 5.31. The van der Waals surface area contributed by atoms with Crippen molar-refractivity contribution in [3.63, 3.8) is 0 Å². The Morgan fingerprint density at radius 1 is 1.47 bits per heavy atom. The Hall–Kier alpha value is -2.26. The van der Waals surface area contributed by atoms with E-state index in [9.17, 15) is 4.79 Å². The number of nitriles is 1. The van der Waals surface area contributed by atoms with Crippen LogP contribution in [0.3, 0.4) is 0 Å². The van der Waals surface area contributed by atoms with Crippen molar-refractivity contribution in [2.75, 3.05) is 6.61 Å². The average molecular weight is 227 g/mol. The third-order valence-electron chi connectivity index (χ3n) is 2.34. The van der Waals surface area contributed by atoms with Gasteiger partial charge in [-0.1, -0.05) is 25.0 Å². The topological polar surface area (TPSA) is 50.1 Å². The number of carbonyl (C=O) groups is 1. The van der Waals surface area contributed by atoms with Crippen LogP contribution in [0.15, 0.2) is 24.3 Å². The first-order valence-corrected chi connectivity index (χ1v) is 5.31. The number of ether oxygens (including phenoxy) is 1. The number of nitrogens with zero attached hydrogens (tertiary/aromatic N) is 1. The average Bonchev–Trinajstić information content (AvgIpc) is 2.38. The maximum Gasteiger partial charge on any atom is 0.154 e. The zero-order valence-corrected chi connectivity index (χ0v) is 9.64. The minimum Gasteiger partial charge on any atom is -0.481 e. The predicted octanol–water partition coefficient (Wildman–Crippen LogP) is 2.28. The van der Waals surface area contributed by atoms with E-state index in [1.165, 1.54) is 0 Å². The van der Waals surface area contributed by atoms with E-state index in [1.54, 1.807) is 31.2 Å². The number of carbonyl (C=O) groups excluding carboxylic acids is 1. The van der Waals surface area contributed by atoms with E-state index in [2.05, 4.69) is 5.92 Å². The molecule has 0 saturated heterocycles. The fourth-order valence-electron chi connectivity index (χ4n) is 1.42. The van der Waals surface area contributed by atoms with Gasteiger partial charge < -0.3 is 4.74 Å². The van der Waals surface area contributed by atoms with E-state index < -0.39 is 5.92 Å². The summed E-state index contributed by atoms with van der Waals surface area (Å²) < 4.78 is 5.21. The quantitative estimate of drug-likeness (QED) is 0.725. The SMILES string of the molecule is C#CCOc1ccc(C(C#N)C(=O)CC)cc1. The van der Waals surface area contributed by atoms with E-state index in [0.29, 0.717) is 17.7 Å². The summed E-state index contributed by atoms with van der Waals surface area (Å²) in [5, 5.41) is 8.96. The fourth-order valence-corrected chi connectivity index (χ4v) is 1.42. The van der Waals surface area contributed by atoms with E-state index in [0.717, 1.165) is 0 Å². The lowest BCUT2D eigenvalue weighted by Crippen LogP contribution is -2.09. The zero-order valence-electron chi connectivity index (χ0n) is 9.64. The second kappa shape index (κ2) is 6.35. The summed E-state index contributed by atoms with van der Waals surface area (Å²) in [4.78, 5) is 11.5. The van der Waals surface area contributed by atoms with Crippen LogP contribution in [0.4, 0.5) is 0 Å². The molecule has 3 heteroatoms. The molecule has 0 N–H and O–H groups in total. The van der Waals surface area contributed by atoms with Crippen LogP contribution in [0.25, 0.3) is 0 Å². The Bertz CT molecular complexity index is 462. The molecular weight excluding hydrogens is 214 g/mol. The number of Topliss-reactive ketones (excluding diaryl/α,β-unsaturated/α-hetero) is 1. The molecule has 3 nitrogen and oxygen atoms in total. The molecule has 0 spiro atoms. The van der Waals surface area contributed by atoms with Crippen LogP contribution in [0.2, 0.25) is 0 Å². The van der Waals surface area contributed by atoms with Crippen molar-refractivity contribution in [1.29, 1.82) is 5.26 Å². The molecule has 0 fully saturated rings. The molecule has 0 amide bonds. The smallest absolute Gasteiger partial charge is 0.154 e. The molecule has 86 valence electrons. The van der Waals surface area contributed by atoms with Gasteiger partial charge in [0.25, 0.3) is 0 Å². The third kappa shape index (κ3) is 3.36. The van der Waals surface area contributed by atoms with Crippen molar-refractivity contribution in [2.45, 2.75) is 19.3 Å².